The standard InChI is InChI=1S/C26H29N3O5S/c1-2-29(25(33)34-24(32)21-6-7-35-15-21)28-23(31)20-5-3-4-19(11-20)22(30)27-26-12-16-8-17(13-26)10-18(9-16)14-26/h3-7,11,15-18H,2,8-10,12-14H2,1H3,(H,27,30)(H,28,31). The number of hydrogen-bond donors (Lipinski definition) is 2. The van der Waals surface area contributed by atoms with Crippen molar-refractivity contribution in [3.63, 3.8) is 0 Å². The zero-order valence-corrected chi connectivity index (χ0v) is 20.4. The van der Waals surface area contributed by atoms with Gasteiger partial charge in [0.1, 0.15) is 0 Å². The molecule has 4 fully saturated rings. The maximum absolute atomic E-state index is 13.2. The Morgan fingerprint density at radius 2 is 1.60 bits per heavy atom. The Hall–Kier alpha value is -3.20. The third-order valence-electron chi connectivity index (χ3n) is 7.51. The van der Waals surface area contributed by atoms with Gasteiger partial charge in [-0.2, -0.15) is 11.3 Å². The lowest BCUT2D eigenvalue weighted by atomic mass is 9.53. The van der Waals surface area contributed by atoms with Gasteiger partial charge in [-0.15, -0.1) is 0 Å². The van der Waals surface area contributed by atoms with E-state index in [4.69, 9.17) is 4.74 Å². The molecule has 4 bridgehead atoms. The molecular formula is C26H29N3O5S. The molecule has 4 saturated carbocycles. The Kier molecular flexibility index (Phi) is 6.35. The van der Waals surface area contributed by atoms with Crippen LogP contribution in [0.15, 0.2) is 41.1 Å². The van der Waals surface area contributed by atoms with Gasteiger partial charge in [0.15, 0.2) is 0 Å². The van der Waals surface area contributed by atoms with E-state index in [-0.39, 0.29) is 29.1 Å². The number of nitrogens with zero attached hydrogens (tertiary/aromatic N) is 1. The number of thiophene rings is 1. The van der Waals surface area contributed by atoms with Crippen molar-refractivity contribution >= 4 is 35.2 Å². The smallest absolute Gasteiger partial charge is 0.371 e. The molecule has 0 saturated heterocycles. The lowest BCUT2D eigenvalue weighted by Gasteiger charge is -2.56. The van der Waals surface area contributed by atoms with Crippen molar-refractivity contribution in [1.29, 1.82) is 0 Å². The summed E-state index contributed by atoms with van der Waals surface area (Å²) >= 11 is 1.31. The highest BCUT2D eigenvalue weighted by molar-refractivity contribution is 7.08. The van der Waals surface area contributed by atoms with Gasteiger partial charge < -0.3 is 10.1 Å². The van der Waals surface area contributed by atoms with Gasteiger partial charge in [0, 0.05) is 28.6 Å². The first-order chi connectivity index (χ1) is 16.8. The van der Waals surface area contributed by atoms with Crippen molar-refractivity contribution in [2.24, 2.45) is 17.8 Å². The molecule has 9 heteroatoms. The quantitative estimate of drug-likeness (QED) is 0.364. The summed E-state index contributed by atoms with van der Waals surface area (Å²) in [5, 5.41) is 7.52. The van der Waals surface area contributed by atoms with Crippen molar-refractivity contribution in [3.05, 3.63) is 57.8 Å². The summed E-state index contributed by atoms with van der Waals surface area (Å²) in [5.74, 6) is 0.610. The van der Waals surface area contributed by atoms with Crippen LogP contribution in [0.5, 0.6) is 0 Å². The molecule has 4 aliphatic carbocycles. The molecule has 3 amide bonds. The Morgan fingerprint density at radius 1 is 0.971 bits per heavy atom. The molecule has 6 rings (SSSR count). The fourth-order valence-electron chi connectivity index (χ4n) is 6.39. The number of carbonyl (C=O) groups excluding carboxylic acids is 4. The maximum Gasteiger partial charge on any atom is 0.436 e. The number of hydrogen-bond acceptors (Lipinski definition) is 6. The molecule has 0 atom stereocenters. The zero-order chi connectivity index (χ0) is 24.6. The summed E-state index contributed by atoms with van der Waals surface area (Å²) < 4.78 is 4.86. The number of carbonyl (C=O) groups is 4. The van der Waals surface area contributed by atoms with E-state index in [1.165, 1.54) is 36.7 Å². The second-order valence-corrected chi connectivity index (χ2v) is 10.9. The normalized spacial score (nSPS) is 26.1. The minimum absolute atomic E-state index is 0.0910. The average molecular weight is 496 g/mol. The van der Waals surface area contributed by atoms with Crippen molar-refractivity contribution in [3.8, 4) is 0 Å². The summed E-state index contributed by atoms with van der Waals surface area (Å²) in [6.45, 7) is 1.74. The minimum atomic E-state index is -0.979. The second-order valence-electron chi connectivity index (χ2n) is 10.1. The van der Waals surface area contributed by atoms with E-state index in [9.17, 15) is 19.2 Å². The molecule has 8 nitrogen and oxygen atoms in total. The van der Waals surface area contributed by atoms with E-state index in [0.717, 1.165) is 24.3 Å². The molecule has 1 heterocycles. The van der Waals surface area contributed by atoms with Crippen molar-refractivity contribution in [2.45, 2.75) is 51.0 Å². The van der Waals surface area contributed by atoms with Gasteiger partial charge in [-0.25, -0.2) is 14.6 Å². The average Bonchev–Trinajstić information content (AvgIpc) is 3.36. The topological polar surface area (TPSA) is 105 Å². The summed E-state index contributed by atoms with van der Waals surface area (Å²) in [5.41, 5.74) is 3.25. The molecule has 0 aliphatic heterocycles. The van der Waals surface area contributed by atoms with E-state index in [1.54, 1.807) is 41.9 Å². The first kappa shape index (κ1) is 23.5. The maximum atomic E-state index is 13.2. The molecule has 4 aliphatic rings. The van der Waals surface area contributed by atoms with E-state index in [1.807, 2.05) is 0 Å². The fraction of sp³-hybridized carbons (Fsp3) is 0.462. The van der Waals surface area contributed by atoms with Gasteiger partial charge in [0.25, 0.3) is 11.8 Å². The van der Waals surface area contributed by atoms with Crippen LogP contribution < -0.4 is 10.7 Å². The monoisotopic (exact) mass is 495 g/mol. The molecule has 2 aromatic rings. The third kappa shape index (κ3) is 4.96. The highest BCUT2D eigenvalue weighted by atomic mass is 32.1. The Morgan fingerprint density at radius 3 is 2.17 bits per heavy atom. The molecule has 2 N–H and O–H groups in total. The van der Waals surface area contributed by atoms with Crippen LogP contribution in [0.2, 0.25) is 0 Å². The fourth-order valence-corrected chi connectivity index (χ4v) is 7.02. The molecule has 0 unspecified atom stereocenters. The first-order valence-electron chi connectivity index (χ1n) is 12.1. The third-order valence-corrected chi connectivity index (χ3v) is 8.20. The molecule has 0 spiro atoms. The lowest BCUT2D eigenvalue weighted by Crippen LogP contribution is -2.59. The number of amides is 3. The van der Waals surface area contributed by atoms with Crippen LogP contribution in [0, 0.1) is 17.8 Å². The van der Waals surface area contributed by atoms with Gasteiger partial charge >= 0.3 is 12.1 Å². The summed E-state index contributed by atoms with van der Waals surface area (Å²) in [6.07, 6.45) is 6.03. The van der Waals surface area contributed by atoms with Crippen LogP contribution in [-0.2, 0) is 4.74 Å². The Bertz CT molecular complexity index is 1110. The lowest BCUT2D eigenvalue weighted by molar-refractivity contribution is -0.0167. The van der Waals surface area contributed by atoms with Crippen molar-refractivity contribution in [2.75, 3.05) is 6.54 Å². The van der Waals surface area contributed by atoms with Crippen molar-refractivity contribution < 1.29 is 23.9 Å². The number of hydrazine groups is 1. The second kappa shape index (κ2) is 9.45. The van der Waals surface area contributed by atoms with E-state index in [0.29, 0.717) is 23.3 Å². The zero-order valence-electron chi connectivity index (χ0n) is 19.6. The van der Waals surface area contributed by atoms with Crippen LogP contribution in [0.25, 0.3) is 0 Å². The van der Waals surface area contributed by atoms with Gasteiger partial charge in [0.2, 0.25) is 0 Å². The van der Waals surface area contributed by atoms with Crippen LogP contribution in [0.3, 0.4) is 0 Å². The predicted molar refractivity (Wildman–Crippen MR) is 130 cm³/mol. The summed E-state index contributed by atoms with van der Waals surface area (Å²) in [4.78, 5) is 50.4. The minimum Gasteiger partial charge on any atom is -0.371 e. The number of ether oxygens (including phenoxy) is 1. The Labute approximate surface area is 208 Å². The number of nitrogens with one attached hydrogen (secondary N) is 2. The first-order valence-corrected chi connectivity index (χ1v) is 13.1. The largest absolute Gasteiger partial charge is 0.436 e. The highest BCUT2D eigenvalue weighted by Crippen LogP contribution is 2.55. The summed E-state index contributed by atoms with van der Waals surface area (Å²) in [6, 6.07) is 8.00. The van der Waals surface area contributed by atoms with Gasteiger partial charge in [-0.05, 0) is 92.8 Å². The predicted octanol–water partition coefficient (Wildman–Crippen LogP) is 4.39. The molecule has 0 radical (unpaired) electrons. The molecule has 35 heavy (non-hydrogen) atoms. The van der Waals surface area contributed by atoms with Gasteiger partial charge in [-0.1, -0.05) is 6.07 Å². The van der Waals surface area contributed by atoms with Crippen molar-refractivity contribution in [1.82, 2.24) is 15.8 Å². The SMILES string of the molecule is CCN(NC(=O)c1cccc(C(=O)NC23CC4CC(CC(C4)C2)C3)c1)C(=O)OC(=O)c1ccsc1. The molecular weight excluding hydrogens is 466 g/mol. The highest BCUT2D eigenvalue weighted by Gasteiger charge is 2.51. The van der Waals surface area contributed by atoms with Gasteiger partial charge in [-0.3, -0.25) is 15.0 Å². The number of rotatable bonds is 5. The van der Waals surface area contributed by atoms with Crippen LogP contribution in [0.4, 0.5) is 4.79 Å². The van der Waals surface area contributed by atoms with Gasteiger partial charge in [0.05, 0.1) is 5.56 Å². The van der Waals surface area contributed by atoms with Crippen LogP contribution in [0.1, 0.15) is 76.5 Å². The molecule has 184 valence electrons. The number of benzene rings is 1. The van der Waals surface area contributed by atoms with Crippen LogP contribution in [-0.4, -0.2) is 41.0 Å². The molecule has 1 aromatic carbocycles. The van der Waals surface area contributed by atoms with Crippen LogP contribution >= 0.6 is 11.3 Å². The van der Waals surface area contributed by atoms with E-state index >= 15 is 0 Å². The molecule has 1 aromatic heterocycles. The number of esters is 1. The van der Waals surface area contributed by atoms with E-state index in [2.05, 4.69) is 10.7 Å². The Balaban J connectivity index is 1.22. The van der Waals surface area contributed by atoms with E-state index < -0.39 is 18.0 Å². The summed E-state index contributed by atoms with van der Waals surface area (Å²) in [7, 11) is 0.